The van der Waals surface area contributed by atoms with Gasteiger partial charge in [0.2, 0.25) is 0 Å². The molecule has 0 saturated heterocycles. The van der Waals surface area contributed by atoms with Gasteiger partial charge in [-0.1, -0.05) is 72.8 Å². The number of rotatable bonds is 8. The van der Waals surface area contributed by atoms with Crippen LogP contribution in [0.25, 0.3) is 5.57 Å². The molecule has 27 heavy (non-hydrogen) atoms. The Hall–Kier alpha value is -3.33. The van der Waals surface area contributed by atoms with Gasteiger partial charge in [-0.05, 0) is 28.8 Å². The predicted molar refractivity (Wildman–Crippen MR) is 109 cm³/mol. The van der Waals surface area contributed by atoms with E-state index in [1.165, 1.54) is 0 Å². The van der Waals surface area contributed by atoms with Crippen LogP contribution in [0.4, 0.5) is 0 Å². The third-order valence-corrected chi connectivity index (χ3v) is 4.19. The van der Waals surface area contributed by atoms with Crippen LogP contribution in [-0.2, 0) is 17.8 Å². The van der Waals surface area contributed by atoms with Gasteiger partial charge in [0.25, 0.3) is 0 Å². The molecular formula is C24H23NO2. The Morgan fingerprint density at radius 1 is 0.889 bits per heavy atom. The van der Waals surface area contributed by atoms with E-state index in [-0.39, 0.29) is 5.78 Å². The first kappa shape index (κ1) is 18.5. The average molecular weight is 357 g/mol. The number of hydrogen-bond donors (Lipinski definition) is 1. The van der Waals surface area contributed by atoms with Crippen molar-refractivity contribution in [1.29, 1.82) is 0 Å². The molecule has 1 N–H and O–H groups in total. The lowest BCUT2D eigenvalue weighted by atomic mass is 9.97. The van der Waals surface area contributed by atoms with E-state index in [0.29, 0.717) is 18.6 Å². The van der Waals surface area contributed by atoms with E-state index in [9.17, 15) is 4.79 Å². The normalized spacial score (nSPS) is 11.1. The standard InChI is InChI=1S/C24H23NO2/c1-25-17-23(21-12-6-3-7-13-21)24(26)16-20-11-8-14-22(15-20)27-18-19-9-4-2-5-10-19/h2-15,17,25H,16,18H2,1H3. The molecule has 136 valence electrons. The summed E-state index contributed by atoms with van der Waals surface area (Å²) < 4.78 is 5.87. The highest BCUT2D eigenvalue weighted by Crippen LogP contribution is 2.20. The van der Waals surface area contributed by atoms with Gasteiger partial charge in [-0.25, -0.2) is 0 Å². The smallest absolute Gasteiger partial charge is 0.169 e. The molecule has 0 spiro atoms. The first-order valence-corrected chi connectivity index (χ1v) is 8.98. The van der Waals surface area contributed by atoms with Gasteiger partial charge >= 0.3 is 0 Å². The van der Waals surface area contributed by atoms with Crippen molar-refractivity contribution in [2.45, 2.75) is 13.0 Å². The van der Waals surface area contributed by atoms with Crippen molar-refractivity contribution in [2.75, 3.05) is 7.05 Å². The van der Waals surface area contributed by atoms with Crippen molar-refractivity contribution < 1.29 is 9.53 Å². The summed E-state index contributed by atoms with van der Waals surface area (Å²) in [7, 11) is 1.80. The van der Waals surface area contributed by atoms with Crippen molar-refractivity contribution in [1.82, 2.24) is 5.32 Å². The Balaban J connectivity index is 1.69. The maximum atomic E-state index is 12.8. The van der Waals surface area contributed by atoms with Crippen LogP contribution in [0.2, 0.25) is 0 Å². The number of nitrogens with one attached hydrogen (secondary N) is 1. The van der Waals surface area contributed by atoms with Crippen molar-refractivity contribution >= 4 is 11.4 Å². The van der Waals surface area contributed by atoms with Gasteiger partial charge in [-0.15, -0.1) is 0 Å². The second kappa shape index (κ2) is 9.39. The van der Waals surface area contributed by atoms with Crippen LogP contribution in [0.1, 0.15) is 16.7 Å². The minimum Gasteiger partial charge on any atom is -0.489 e. The molecule has 0 aliphatic heterocycles. The van der Waals surface area contributed by atoms with E-state index < -0.39 is 0 Å². The molecule has 3 aromatic carbocycles. The molecule has 0 heterocycles. The third kappa shape index (κ3) is 5.32. The van der Waals surface area contributed by atoms with E-state index in [1.807, 2.05) is 84.9 Å². The molecule has 0 bridgehead atoms. The number of carbonyl (C=O) groups is 1. The molecule has 3 heteroatoms. The van der Waals surface area contributed by atoms with Crippen molar-refractivity contribution in [2.24, 2.45) is 0 Å². The molecule has 0 aliphatic rings. The minimum absolute atomic E-state index is 0.0655. The zero-order valence-corrected chi connectivity index (χ0v) is 15.4. The van der Waals surface area contributed by atoms with Crippen molar-refractivity contribution in [3.8, 4) is 5.75 Å². The zero-order chi connectivity index (χ0) is 18.9. The number of carbonyl (C=O) groups excluding carboxylic acids is 1. The number of hydrogen-bond acceptors (Lipinski definition) is 3. The molecule has 0 fully saturated rings. The summed E-state index contributed by atoms with van der Waals surface area (Å²) in [5.41, 5.74) is 3.63. The van der Waals surface area contributed by atoms with Gasteiger partial charge in [0.05, 0.1) is 0 Å². The molecule has 0 aliphatic carbocycles. The van der Waals surface area contributed by atoms with Crippen LogP contribution in [0, 0.1) is 0 Å². The van der Waals surface area contributed by atoms with Crippen LogP contribution < -0.4 is 10.1 Å². The highest BCUT2D eigenvalue weighted by molar-refractivity contribution is 6.21. The summed E-state index contributed by atoms with van der Waals surface area (Å²) in [6.07, 6.45) is 2.08. The molecule has 0 saturated carbocycles. The molecule has 3 rings (SSSR count). The molecule has 3 aromatic rings. The summed E-state index contributed by atoms with van der Waals surface area (Å²) in [6, 6.07) is 27.5. The summed E-state index contributed by atoms with van der Waals surface area (Å²) >= 11 is 0. The third-order valence-electron chi connectivity index (χ3n) is 4.19. The Morgan fingerprint density at radius 3 is 2.26 bits per heavy atom. The maximum Gasteiger partial charge on any atom is 0.169 e. The van der Waals surface area contributed by atoms with Crippen molar-refractivity contribution in [3.63, 3.8) is 0 Å². The lowest BCUT2D eigenvalue weighted by molar-refractivity contribution is -0.113. The Labute approximate surface area is 160 Å². The Bertz CT molecular complexity index is 902. The fourth-order valence-electron chi connectivity index (χ4n) is 2.85. The fourth-order valence-corrected chi connectivity index (χ4v) is 2.85. The van der Waals surface area contributed by atoms with Crippen LogP contribution in [-0.4, -0.2) is 12.8 Å². The fraction of sp³-hybridized carbons (Fsp3) is 0.125. The molecule has 0 amide bonds. The van der Waals surface area contributed by atoms with Crippen LogP contribution in [0.15, 0.2) is 91.1 Å². The molecule has 0 aromatic heterocycles. The highest BCUT2D eigenvalue weighted by Gasteiger charge is 2.13. The second-order valence-corrected chi connectivity index (χ2v) is 6.23. The number of Topliss-reactive ketones (excluding diaryl/α,β-unsaturated/α-hetero) is 1. The van der Waals surface area contributed by atoms with Crippen LogP contribution in [0.3, 0.4) is 0 Å². The van der Waals surface area contributed by atoms with Gasteiger partial charge in [-0.3, -0.25) is 4.79 Å². The van der Waals surface area contributed by atoms with Gasteiger partial charge < -0.3 is 10.1 Å². The SMILES string of the molecule is CNC=C(C(=O)Cc1cccc(OCc2ccccc2)c1)c1ccccc1. The largest absolute Gasteiger partial charge is 0.489 e. The minimum atomic E-state index is 0.0655. The zero-order valence-electron chi connectivity index (χ0n) is 15.4. The summed E-state index contributed by atoms with van der Waals surface area (Å²) in [6.45, 7) is 0.507. The predicted octanol–water partition coefficient (Wildman–Crippen LogP) is 4.64. The lowest BCUT2D eigenvalue weighted by Crippen LogP contribution is -2.09. The quantitative estimate of drug-likeness (QED) is 0.597. The van der Waals surface area contributed by atoms with Crippen LogP contribution in [0.5, 0.6) is 5.75 Å². The highest BCUT2D eigenvalue weighted by atomic mass is 16.5. The van der Waals surface area contributed by atoms with Gasteiger partial charge in [-0.2, -0.15) is 0 Å². The van der Waals surface area contributed by atoms with Crippen molar-refractivity contribution in [3.05, 3.63) is 108 Å². The van der Waals surface area contributed by atoms with E-state index in [1.54, 1.807) is 13.2 Å². The number of benzene rings is 3. The molecule has 0 unspecified atom stereocenters. The van der Waals surface area contributed by atoms with E-state index in [2.05, 4.69) is 5.32 Å². The first-order chi connectivity index (χ1) is 13.3. The molecule has 0 atom stereocenters. The Kier molecular flexibility index (Phi) is 6.42. The van der Waals surface area contributed by atoms with Crippen LogP contribution >= 0.6 is 0 Å². The van der Waals surface area contributed by atoms with Gasteiger partial charge in [0.15, 0.2) is 5.78 Å². The van der Waals surface area contributed by atoms with E-state index in [0.717, 1.165) is 22.4 Å². The van der Waals surface area contributed by atoms with Gasteiger partial charge in [0.1, 0.15) is 12.4 Å². The number of allylic oxidation sites excluding steroid dienone is 1. The first-order valence-electron chi connectivity index (χ1n) is 8.98. The average Bonchev–Trinajstić information content (AvgIpc) is 2.72. The van der Waals surface area contributed by atoms with E-state index in [4.69, 9.17) is 4.74 Å². The topological polar surface area (TPSA) is 38.3 Å². The molecule has 0 radical (unpaired) electrons. The van der Waals surface area contributed by atoms with Gasteiger partial charge in [0, 0.05) is 25.2 Å². The monoisotopic (exact) mass is 357 g/mol. The molecule has 3 nitrogen and oxygen atoms in total. The number of ketones is 1. The van der Waals surface area contributed by atoms with E-state index >= 15 is 0 Å². The second-order valence-electron chi connectivity index (χ2n) is 6.23. The summed E-state index contributed by atoms with van der Waals surface area (Å²) in [5.74, 6) is 0.832. The lowest BCUT2D eigenvalue weighted by Gasteiger charge is -2.10. The summed E-state index contributed by atoms with van der Waals surface area (Å²) in [4.78, 5) is 12.8. The Morgan fingerprint density at radius 2 is 1.56 bits per heavy atom. The summed E-state index contributed by atoms with van der Waals surface area (Å²) in [5, 5.41) is 2.98. The maximum absolute atomic E-state index is 12.8. The molecular weight excluding hydrogens is 334 g/mol. The number of ether oxygens (including phenoxy) is 1.